The zero-order valence-corrected chi connectivity index (χ0v) is 30.6. The third-order valence-corrected chi connectivity index (χ3v) is 9.75. The summed E-state index contributed by atoms with van der Waals surface area (Å²) in [5, 5.41) is 15.5. The lowest BCUT2D eigenvalue weighted by Gasteiger charge is -2.43. The standard InChI is InChI=1S/C43H51N3O6/c1-29-38(27-46-22-10-17-37(46)40(48)52-43(2,3)4)50-41(51-39(29)33-20-18-31(28-47)19-21-33)36-16-9-15-35(24-36)34-14-8-13-32(23-34)26-45-42(49)44-25-30-11-6-5-7-12-30/h5-9,11-16,18-21,23-24,29,37-39,41,47H,10,17,22,25-28H2,1-4H3,(H2,44,45,49)/t29-,37+,38+,39+,41+/m1/s1. The molecule has 4 aromatic rings. The number of carbonyl (C=O) groups is 2. The van der Waals surface area contributed by atoms with E-state index >= 15 is 0 Å². The Balaban J connectivity index is 1.19. The van der Waals surface area contributed by atoms with Gasteiger partial charge in [-0.1, -0.05) is 97.9 Å². The second-order valence-corrected chi connectivity index (χ2v) is 14.9. The summed E-state index contributed by atoms with van der Waals surface area (Å²) in [6.45, 7) is 10.0. The maximum Gasteiger partial charge on any atom is 0.323 e. The first-order valence-electron chi connectivity index (χ1n) is 18.3. The SMILES string of the molecule is C[C@@H]1[C@H](CN2CCC[C@H]2C(=O)OC(C)(C)C)O[C@H](c2cccc(-c3cccc(CNC(=O)NCc4ccccc4)c3)c2)O[C@@H]1c1ccc(CO)cc1. The number of aliphatic hydroxyl groups excluding tert-OH is 1. The molecule has 9 nitrogen and oxygen atoms in total. The first-order valence-corrected chi connectivity index (χ1v) is 18.3. The summed E-state index contributed by atoms with van der Waals surface area (Å²) in [4.78, 5) is 27.9. The Bertz CT molecular complexity index is 1790. The van der Waals surface area contributed by atoms with Crippen molar-refractivity contribution in [1.82, 2.24) is 15.5 Å². The van der Waals surface area contributed by atoms with Crippen LogP contribution in [0.2, 0.25) is 0 Å². The van der Waals surface area contributed by atoms with E-state index in [1.54, 1.807) is 0 Å². The van der Waals surface area contributed by atoms with Crippen LogP contribution in [0.4, 0.5) is 4.79 Å². The Morgan fingerprint density at radius 2 is 1.48 bits per heavy atom. The number of nitrogens with one attached hydrogen (secondary N) is 2. The molecule has 2 fully saturated rings. The lowest BCUT2D eigenvalue weighted by Crippen LogP contribution is -2.48. The van der Waals surface area contributed by atoms with Gasteiger partial charge < -0.3 is 30.0 Å². The lowest BCUT2D eigenvalue weighted by atomic mass is 9.89. The van der Waals surface area contributed by atoms with E-state index in [2.05, 4.69) is 46.7 Å². The predicted octanol–water partition coefficient (Wildman–Crippen LogP) is 7.44. The van der Waals surface area contributed by atoms with Crippen molar-refractivity contribution in [2.24, 2.45) is 5.92 Å². The second-order valence-electron chi connectivity index (χ2n) is 14.9. The normalized spacial score (nSPS) is 22.1. The van der Waals surface area contributed by atoms with E-state index in [-0.39, 0.29) is 42.8 Å². The van der Waals surface area contributed by atoms with Crippen LogP contribution >= 0.6 is 0 Å². The summed E-state index contributed by atoms with van der Waals surface area (Å²) < 4.78 is 19.4. The Morgan fingerprint density at radius 1 is 0.808 bits per heavy atom. The molecule has 0 spiro atoms. The summed E-state index contributed by atoms with van der Waals surface area (Å²) in [5.74, 6) is -0.205. The fourth-order valence-electron chi connectivity index (χ4n) is 6.99. The van der Waals surface area contributed by atoms with Crippen LogP contribution in [0.1, 0.15) is 80.7 Å². The van der Waals surface area contributed by atoms with Gasteiger partial charge in [-0.25, -0.2) is 4.79 Å². The lowest BCUT2D eigenvalue weighted by molar-refractivity contribution is -0.276. The van der Waals surface area contributed by atoms with E-state index in [1.165, 1.54) is 0 Å². The van der Waals surface area contributed by atoms with Crippen LogP contribution in [-0.2, 0) is 38.7 Å². The molecular formula is C43H51N3O6. The average molecular weight is 706 g/mol. The number of rotatable bonds is 11. The Morgan fingerprint density at radius 3 is 2.19 bits per heavy atom. The molecule has 6 rings (SSSR count). The number of likely N-dealkylation sites (tertiary alicyclic amines) is 1. The van der Waals surface area contributed by atoms with Crippen molar-refractivity contribution in [3.05, 3.63) is 131 Å². The van der Waals surface area contributed by atoms with E-state index in [4.69, 9.17) is 14.2 Å². The van der Waals surface area contributed by atoms with Gasteiger partial charge in [-0.2, -0.15) is 0 Å². The number of amides is 2. The van der Waals surface area contributed by atoms with E-state index in [0.29, 0.717) is 19.6 Å². The molecule has 3 N–H and O–H groups in total. The fraction of sp³-hybridized carbons (Fsp3) is 0.395. The summed E-state index contributed by atoms with van der Waals surface area (Å²) in [6.07, 6.45) is 0.535. The van der Waals surface area contributed by atoms with E-state index in [9.17, 15) is 14.7 Å². The molecule has 9 heteroatoms. The van der Waals surface area contributed by atoms with Crippen LogP contribution in [0.5, 0.6) is 0 Å². The van der Waals surface area contributed by atoms with E-state index < -0.39 is 11.9 Å². The molecule has 0 aromatic heterocycles. The van der Waals surface area contributed by atoms with Crippen molar-refractivity contribution in [1.29, 1.82) is 0 Å². The molecule has 0 saturated carbocycles. The molecule has 2 saturated heterocycles. The number of hydrogen-bond acceptors (Lipinski definition) is 7. The number of esters is 1. The zero-order valence-electron chi connectivity index (χ0n) is 30.6. The maximum absolute atomic E-state index is 13.2. The number of nitrogens with zero attached hydrogens (tertiary/aromatic N) is 1. The number of aliphatic hydroxyl groups is 1. The summed E-state index contributed by atoms with van der Waals surface area (Å²) in [7, 11) is 0. The molecule has 2 aliphatic heterocycles. The van der Waals surface area contributed by atoms with Gasteiger partial charge >= 0.3 is 12.0 Å². The Labute approximate surface area is 307 Å². The van der Waals surface area contributed by atoms with Gasteiger partial charge in [0.1, 0.15) is 11.6 Å². The number of ether oxygens (including phenoxy) is 3. The molecule has 0 aliphatic carbocycles. The van der Waals surface area contributed by atoms with Gasteiger partial charge in [0, 0.05) is 31.1 Å². The van der Waals surface area contributed by atoms with Crippen LogP contribution in [-0.4, -0.2) is 52.8 Å². The average Bonchev–Trinajstić information content (AvgIpc) is 3.62. The van der Waals surface area contributed by atoms with Crippen LogP contribution in [0.25, 0.3) is 11.1 Å². The van der Waals surface area contributed by atoms with E-state index in [0.717, 1.165) is 58.3 Å². The van der Waals surface area contributed by atoms with Gasteiger partial charge in [0.05, 0.1) is 18.8 Å². The Kier molecular flexibility index (Phi) is 12.1. The molecule has 2 amide bonds. The van der Waals surface area contributed by atoms with Crippen molar-refractivity contribution in [2.75, 3.05) is 13.1 Å². The molecule has 274 valence electrons. The number of benzene rings is 4. The summed E-state index contributed by atoms with van der Waals surface area (Å²) in [5.41, 5.74) is 6.22. The number of urea groups is 1. The minimum absolute atomic E-state index is 0.0200. The molecule has 2 heterocycles. The van der Waals surface area contributed by atoms with Gasteiger partial charge in [-0.15, -0.1) is 0 Å². The summed E-state index contributed by atoms with van der Waals surface area (Å²) in [6, 6.07) is 33.5. The van der Waals surface area contributed by atoms with E-state index in [1.807, 2.05) is 99.6 Å². The van der Waals surface area contributed by atoms with Crippen molar-refractivity contribution < 1.29 is 28.9 Å². The molecular weight excluding hydrogens is 654 g/mol. The minimum atomic E-state index is -0.649. The minimum Gasteiger partial charge on any atom is -0.459 e. The zero-order chi connectivity index (χ0) is 36.7. The quantitative estimate of drug-likeness (QED) is 0.139. The largest absolute Gasteiger partial charge is 0.459 e. The monoisotopic (exact) mass is 705 g/mol. The van der Waals surface area contributed by atoms with Crippen molar-refractivity contribution in [2.45, 2.75) is 90.4 Å². The van der Waals surface area contributed by atoms with Gasteiger partial charge in [0.15, 0.2) is 6.29 Å². The van der Waals surface area contributed by atoms with Gasteiger partial charge in [-0.05, 0) is 85.7 Å². The highest BCUT2D eigenvalue weighted by Crippen LogP contribution is 2.43. The molecule has 0 unspecified atom stereocenters. The Hall–Kier alpha value is -4.54. The van der Waals surface area contributed by atoms with Gasteiger partial charge in [-0.3, -0.25) is 9.69 Å². The van der Waals surface area contributed by atoms with Gasteiger partial charge in [0.25, 0.3) is 0 Å². The molecule has 5 atom stereocenters. The third kappa shape index (κ3) is 9.66. The third-order valence-electron chi connectivity index (χ3n) is 9.75. The van der Waals surface area contributed by atoms with Crippen molar-refractivity contribution in [3.8, 4) is 11.1 Å². The highest BCUT2D eigenvalue weighted by Gasteiger charge is 2.42. The first kappa shape index (κ1) is 37.2. The molecule has 2 aliphatic rings. The van der Waals surface area contributed by atoms with Crippen LogP contribution in [0.3, 0.4) is 0 Å². The van der Waals surface area contributed by atoms with Crippen LogP contribution < -0.4 is 10.6 Å². The second kappa shape index (κ2) is 16.9. The van der Waals surface area contributed by atoms with Crippen molar-refractivity contribution in [3.63, 3.8) is 0 Å². The summed E-state index contributed by atoms with van der Waals surface area (Å²) >= 11 is 0. The van der Waals surface area contributed by atoms with Crippen LogP contribution in [0.15, 0.2) is 103 Å². The molecule has 0 radical (unpaired) electrons. The topological polar surface area (TPSA) is 109 Å². The van der Waals surface area contributed by atoms with Crippen molar-refractivity contribution >= 4 is 12.0 Å². The fourth-order valence-corrected chi connectivity index (χ4v) is 6.99. The number of hydrogen-bond donors (Lipinski definition) is 3. The molecule has 0 bridgehead atoms. The smallest absolute Gasteiger partial charge is 0.323 e. The molecule has 52 heavy (non-hydrogen) atoms. The van der Waals surface area contributed by atoms with Gasteiger partial charge in [0.2, 0.25) is 0 Å². The number of carbonyl (C=O) groups excluding carboxylic acids is 2. The highest BCUT2D eigenvalue weighted by atomic mass is 16.7. The first-order chi connectivity index (χ1) is 25.1. The highest BCUT2D eigenvalue weighted by molar-refractivity contribution is 5.76. The molecule has 4 aromatic carbocycles. The predicted molar refractivity (Wildman–Crippen MR) is 201 cm³/mol. The van der Waals surface area contributed by atoms with Crippen LogP contribution in [0, 0.1) is 5.92 Å². The maximum atomic E-state index is 13.2.